The van der Waals surface area contributed by atoms with Gasteiger partial charge in [-0.05, 0) is 43.0 Å². The molecule has 2 amide bonds. The lowest BCUT2D eigenvalue weighted by molar-refractivity contribution is 0.0144. The van der Waals surface area contributed by atoms with Crippen molar-refractivity contribution in [2.24, 2.45) is 0 Å². The summed E-state index contributed by atoms with van der Waals surface area (Å²) in [6.45, 7) is 5.12. The van der Waals surface area contributed by atoms with Gasteiger partial charge in [0, 0.05) is 31.5 Å². The lowest BCUT2D eigenvalue weighted by Crippen LogP contribution is -2.50. The van der Waals surface area contributed by atoms with Gasteiger partial charge in [0.2, 0.25) is 0 Å². The van der Waals surface area contributed by atoms with Crippen molar-refractivity contribution < 1.29 is 9.53 Å². The van der Waals surface area contributed by atoms with Gasteiger partial charge in [-0.2, -0.15) is 0 Å². The fraction of sp³-hybridized carbons (Fsp3) is 0.588. The van der Waals surface area contributed by atoms with Gasteiger partial charge in [-0.15, -0.1) is 0 Å². The predicted molar refractivity (Wildman–Crippen MR) is 88.7 cm³/mol. The lowest BCUT2D eigenvalue weighted by atomic mass is 10.0. The largest absolute Gasteiger partial charge is 0.377 e. The molecular weight excluding hydrogens is 278 g/mol. The topological polar surface area (TPSA) is 44.8 Å². The van der Waals surface area contributed by atoms with Gasteiger partial charge in [-0.25, -0.2) is 4.79 Å². The summed E-state index contributed by atoms with van der Waals surface area (Å²) in [7, 11) is 2.12. The van der Waals surface area contributed by atoms with Crippen molar-refractivity contribution in [3.8, 4) is 0 Å². The lowest BCUT2D eigenvalue weighted by Gasteiger charge is -2.35. The van der Waals surface area contributed by atoms with Gasteiger partial charge in [-0.1, -0.05) is 6.92 Å². The van der Waals surface area contributed by atoms with Crippen LogP contribution in [0.2, 0.25) is 0 Å². The number of nitrogens with one attached hydrogen (secondary N) is 1. The van der Waals surface area contributed by atoms with E-state index in [9.17, 15) is 4.79 Å². The Balaban J connectivity index is 1.71. The van der Waals surface area contributed by atoms with E-state index in [0.717, 1.165) is 25.1 Å². The summed E-state index contributed by atoms with van der Waals surface area (Å²) in [5.41, 5.74) is 3.49. The number of rotatable bonds is 2. The summed E-state index contributed by atoms with van der Waals surface area (Å²) in [6.07, 6.45) is 3.17. The van der Waals surface area contributed by atoms with Crippen LogP contribution in [0.15, 0.2) is 18.2 Å². The number of benzene rings is 1. The monoisotopic (exact) mass is 303 g/mol. The molecule has 0 radical (unpaired) electrons. The fourth-order valence-corrected chi connectivity index (χ4v) is 3.32. The summed E-state index contributed by atoms with van der Waals surface area (Å²) in [5.74, 6) is 0. The first-order valence-electron chi connectivity index (χ1n) is 8.18. The zero-order chi connectivity index (χ0) is 15.5. The number of carbonyl (C=O) groups excluding carboxylic acids is 1. The summed E-state index contributed by atoms with van der Waals surface area (Å²) in [4.78, 5) is 16.7. The SMILES string of the molecule is CC[C@@H]1COCCN1C(=O)Nc1ccc2c(c1)CCCN2C. The molecule has 0 bridgehead atoms. The number of anilines is 2. The third-order valence-corrected chi connectivity index (χ3v) is 4.64. The zero-order valence-corrected chi connectivity index (χ0v) is 13.5. The van der Waals surface area contributed by atoms with Crippen molar-refractivity contribution in [1.82, 2.24) is 4.90 Å². The number of fused-ring (bicyclic) bond motifs is 1. The number of hydrogen-bond donors (Lipinski definition) is 1. The molecular formula is C17H25N3O2. The first kappa shape index (κ1) is 15.2. The van der Waals surface area contributed by atoms with E-state index in [4.69, 9.17) is 4.74 Å². The molecule has 1 aromatic carbocycles. The number of carbonyl (C=O) groups is 1. The molecule has 1 aromatic rings. The van der Waals surface area contributed by atoms with Crippen LogP contribution in [0.25, 0.3) is 0 Å². The second-order valence-electron chi connectivity index (χ2n) is 6.13. The molecule has 1 atom stereocenters. The number of urea groups is 1. The normalized spacial score (nSPS) is 21.5. The molecule has 5 nitrogen and oxygen atoms in total. The third kappa shape index (κ3) is 3.04. The van der Waals surface area contributed by atoms with Crippen molar-refractivity contribution in [2.45, 2.75) is 32.2 Å². The average Bonchev–Trinajstić information content (AvgIpc) is 2.55. The van der Waals surface area contributed by atoms with Gasteiger partial charge >= 0.3 is 6.03 Å². The van der Waals surface area contributed by atoms with Crippen LogP contribution < -0.4 is 10.2 Å². The Morgan fingerprint density at radius 1 is 1.41 bits per heavy atom. The molecule has 3 rings (SSSR count). The molecule has 0 unspecified atom stereocenters. The molecule has 1 N–H and O–H groups in total. The summed E-state index contributed by atoms with van der Waals surface area (Å²) in [6, 6.07) is 6.39. The van der Waals surface area contributed by atoms with E-state index in [1.165, 1.54) is 17.7 Å². The molecule has 0 saturated carbocycles. The van der Waals surface area contributed by atoms with Crippen LogP contribution >= 0.6 is 0 Å². The van der Waals surface area contributed by atoms with E-state index in [1.54, 1.807) is 0 Å². The predicted octanol–water partition coefficient (Wildman–Crippen LogP) is 2.71. The van der Waals surface area contributed by atoms with E-state index < -0.39 is 0 Å². The molecule has 22 heavy (non-hydrogen) atoms. The zero-order valence-electron chi connectivity index (χ0n) is 13.5. The van der Waals surface area contributed by atoms with Crippen LogP contribution in [0.4, 0.5) is 16.2 Å². The van der Waals surface area contributed by atoms with Crippen molar-refractivity contribution in [3.05, 3.63) is 23.8 Å². The van der Waals surface area contributed by atoms with Gasteiger partial charge < -0.3 is 19.9 Å². The molecule has 1 fully saturated rings. The molecule has 0 aromatic heterocycles. The molecule has 120 valence electrons. The minimum Gasteiger partial charge on any atom is -0.377 e. The van der Waals surface area contributed by atoms with Gasteiger partial charge in [0.15, 0.2) is 0 Å². The van der Waals surface area contributed by atoms with Crippen molar-refractivity contribution in [3.63, 3.8) is 0 Å². The van der Waals surface area contributed by atoms with Gasteiger partial charge in [0.1, 0.15) is 0 Å². The summed E-state index contributed by atoms with van der Waals surface area (Å²) >= 11 is 0. The molecule has 0 aliphatic carbocycles. The quantitative estimate of drug-likeness (QED) is 0.913. The molecule has 2 aliphatic rings. The van der Waals surface area contributed by atoms with Crippen LogP contribution in [-0.4, -0.2) is 50.3 Å². The van der Waals surface area contributed by atoms with E-state index in [1.807, 2.05) is 11.0 Å². The number of morpholine rings is 1. The Labute approximate surface area is 132 Å². The fourth-order valence-electron chi connectivity index (χ4n) is 3.32. The van der Waals surface area contributed by atoms with Crippen molar-refractivity contribution in [2.75, 3.05) is 43.6 Å². The molecule has 1 saturated heterocycles. The van der Waals surface area contributed by atoms with Crippen molar-refractivity contribution in [1.29, 1.82) is 0 Å². The first-order chi connectivity index (χ1) is 10.7. The Bertz CT molecular complexity index is 547. The minimum atomic E-state index is -0.0146. The van der Waals surface area contributed by atoms with Gasteiger partial charge in [0.25, 0.3) is 0 Å². The maximum absolute atomic E-state index is 12.5. The highest BCUT2D eigenvalue weighted by molar-refractivity contribution is 5.90. The van der Waals surface area contributed by atoms with Gasteiger partial charge in [0.05, 0.1) is 19.3 Å². The smallest absolute Gasteiger partial charge is 0.322 e. The van der Waals surface area contributed by atoms with Crippen LogP contribution in [0.5, 0.6) is 0 Å². The van der Waals surface area contributed by atoms with E-state index in [-0.39, 0.29) is 12.1 Å². The van der Waals surface area contributed by atoms with Crippen LogP contribution in [0.1, 0.15) is 25.3 Å². The van der Waals surface area contributed by atoms with E-state index in [2.05, 4.69) is 36.3 Å². The second kappa shape index (κ2) is 6.57. The Morgan fingerprint density at radius 2 is 2.27 bits per heavy atom. The van der Waals surface area contributed by atoms with Crippen molar-refractivity contribution >= 4 is 17.4 Å². The number of aryl methyl sites for hydroxylation is 1. The first-order valence-corrected chi connectivity index (χ1v) is 8.18. The number of hydrogen-bond acceptors (Lipinski definition) is 3. The Hall–Kier alpha value is -1.75. The standard InChI is InChI=1S/C17H25N3O2/c1-3-15-12-22-10-9-20(15)17(21)18-14-6-7-16-13(11-14)5-4-8-19(16)2/h6-7,11,15H,3-5,8-10,12H2,1-2H3,(H,18,21)/t15-/m1/s1. The summed E-state index contributed by atoms with van der Waals surface area (Å²) < 4.78 is 5.46. The second-order valence-corrected chi connectivity index (χ2v) is 6.13. The number of ether oxygens (including phenoxy) is 1. The van der Waals surface area contributed by atoms with Crippen LogP contribution in [0.3, 0.4) is 0 Å². The van der Waals surface area contributed by atoms with E-state index in [0.29, 0.717) is 19.8 Å². The highest BCUT2D eigenvalue weighted by Gasteiger charge is 2.26. The molecule has 5 heteroatoms. The third-order valence-electron chi connectivity index (χ3n) is 4.64. The molecule has 0 spiro atoms. The number of nitrogens with zero attached hydrogens (tertiary/aromatic N) is 2. The Morgan fingerprint density at radius 3 is 3.09 bits per heavy atom. The molecule has 2 aliphatic heterocycles. The van der Waals surface area contributed by atoms with E-state index >= 15 is 0 Å². The average molecular weight is 303 g/mol. The van der Waals surface area contributed by atoms with Crippen LogP contribution in [-0.2, 0) is 11.2 Å². The maximum Gasteiger partial charge on any atom is 0.322 e. The minimum absolute atomic E-state index is 0.0146. The highest BCUT2D eigenvalue weighted by atomic mass is 16.5. The maximum atomic E-state index is 12.5. The highest BCUT2D eigenvalue weighted by Crippen LogP contribution is 2.28. The van der Waals surface area contributed by atoms with Crippen LogP contribution in [0, 0.1) is 0 Å². The Kier molecular flexibility index (Phi) is 4.52. The number of amides is 2. The van der Waals surface area contributed by atoms with Gasteiger partial charge in [-0.3, -0.25) is 0 Å². The molecule has 2 heterocycles. The summed E-state index contributed by atoms with van der Waals surface area (Å²) in [5, 5.41) is 3.05.